The van der Waals surface area contributed by atoms with Gasteiger partial charge >= 0.3 is 6.03 Å². The molecule has 2 amide bonds. The summed E-state index contributed by atoms with van der Waals surface area (Å²) in [5.41, 5.74) is 4.49. The van der Waals surface area contributed by atoms with Crippen molar-refractivity contribution in [2.24, 2.45) is 5.73 Å². The lowest BCUT2D eigenvalue weighted by molar-refractivity contribution is 0.225. The van der Waals surface area contributed by atoms with Gasteiger partial charge in [0.15, 0.2) is 0 Å². The lowest BCUT2D eigenvalue weighted by Crippen LogP contribution is -2.29. The van der Waals surface area contributed by atoms with Crippen LogP contribution in [0.4, 0.5) is 4.79 Å². The second kappa shape index (κ2) is 5.19. The summed E-state index contributed by atoms with van der Waals surface area (Å²) in [6, 6.07) is -0.711. The molecule has 0 saturated heterocycles. The summed E-state index contributed by atoms with van der Waals surface area (Å²) in [5.74, 6) is 0. The first kappa shape index (κ1) is 9.50. The van der Waals surface area contributed by atoms with Crippen molar-refractivity contribution in [3.8, 4) is 0 Å². The molecule has 5 heteroatoms. The summed E-state index contributed by atoms with van der Waals surface area (Å²) in [6.07, 6.45) is 0. The molecule has 0 aromatic carbocycles. The average molecular weight is 107 g/mol. The number of hydrogen-bond donors (Lipinski definition) is 4. The monoisotopic (exact) mass is 107 g/mol. The lowest BCUT2D eigenvalue weighted by Gasteiger charge is -1.88. The van der Waals surface area contributed by atoms with Crippen LogP contribution in [0, 0.1) is 0 Å². The highest BCUT2D eigenvalue weighted by Crippen LogP contribution is 1.45. The standard InChI is InChI=1S/C2H6N2O2.H3N/c3-2(6)4-1-5;/h5H,1H2,(H3,3,4,6);1H3. The first-order valence-electron chi connectivity index (χ1n) is 1.41. The van der Waals surface area contributed by atoms with E-state index < -0.39 is 12.8 Å². The smallest absolute Gasteiger partial charge is 0.313 e. The first-order chi connectivity index (χ1) is 2.77. The van der Waals surface area contributed by atoms with E-state index in [1.54, 1.807) is 0 Å². The molecule has 0 aliphatic heterocycles. The lowest BCUT2D eigenvalue weighted by atomic mass is 11.0. The van der Waals surface area contributed by atoms with Gasteiger partial charge in [-0.15, -0.1) is 0 Å². The summed E-state index contributed by atoms with van der Waals surface area (Å²) in [4.78, 5) is 9.55. The zero-order valence-corrected chi connectivity index (χ0v) is 3.85. The minimum atomic E-state index is -0.711. The fraction of sp³-hybridized carbons (Fsp3) is 0.500. The molecule has 0 heterocycles. The largest absolute Gasteiger partial charge is 0.376 e. The first-order valence-corrected chi connectivity index (χ1v) is 1.41. The highest BCUT2D eigenvalue weighted by Gasteiger charge is 1.80. The van der Waals surface area contributed by atoms with Gasteiger partial charge in [-0.25, -0.2) is 4.79 Å². The maximum Gasteiger partial charge on any atom is 0.313 e. The van der Waals surface area contributed by atoms with Crippen LogP contribution in [0.25, 0.3) is 0 Å². The molecule has 0 spiro atoms. The number of amides is 2. The van der Waals surface area contributed by atoms with Gasteiger partial charge < -0.3 is 22.3 Å². The van der Waals surface area contributed by atoms with E-state index in [0.29, 0.717) is 0 Å². The third-order valence-electron chi connectivity index (χ3n) is 0.253. The maximum atomic E-state index is 9.55. The number of aliphatic hydroxyl groups is 1. The fourth-order valence-electron chi connectivity index (χ4n) is 0.0779. The predicted molar refractivity (Wildman–Crippen MR) is 24.8 cm³/mol. The number of nitrogens with one attached hydrogen (secondary N) is 1. The number of aliphatic hydroxyl groups excluding tert-OH is 1. The zero-order valence-electron chi connectivity index (χ0n) is 3.85. The minimum absolute atomic E-state index is 0. The van der Waals surface area contributed by atoms with Crippen molar-refractivity contribution in [1.29, 1.82) is 0 Å². The third kappa shape index (κ3) is 11.0. The average Bonchev–Trinajstić information content (AvgIpc) is 1.35. The Kier molecular flexibility index (Phi) is 7.04. The van der Waals surface area contributed by atoms with Gasteiger partial charge in [-0.1, -0.05) is 0 Å². The molecule has 0 radical (unpaired) electrons. The van der Waals surface area contributed by atoms with Crippen LogP contribution in [0.15, 0.2) is 0 Å². The summed E-state index contributed by atoms with van der Waals surface area (Å²) in [6.45, 7) is -0.394. The number of urea groups is 1. The Bertz CT molecular complexity index is 54.9. The molecule has 0 atom stereocenters. The van der Waals surface area contributed by atoms with Gasteiger partial charge in [-0.3, -0.25) is 0 Å². The van der Waals surface area contributed by atoms with Gasteiger partial charge in [-0.2, -0.15) is 0 Å². The Hall–Kier alpha value is -0.810. The van der Waals surface area contributed by atoms with Gasteiger partial charge in [0.25, 0.3) is 0 Å². The Balaban J connectivity index is 0. The van der Waals surface area contributed by atoms with E-state index in [-0.39, 0.29) is 6.15 Å². The molecular weight excluding hydrogens is 98.0 g/mol. The highest BCUT2D eigenvalue weighted by molar-refractivity contribution is 5.71. The van der Waals surface area contributed by atoms with Crippen LogP contribution in [0.5, 0.6) is 0 Å². The van der Waals surface area contributed by atoms with E-state index in [1.165, 1.54) is 0 Å². The molecule has 0 aromatic rings. The summed E-state index contributed by atoms with van der Waals surface area (Å²) >= 11 is 0. The van der Waals surface area contributed by atoms with E-state index >= 15 is 0 Å². The molecule has 0 unspecified atom stereocenters. The van der Waals surface area contributed by atoms with Crippen LogP contribution in [-0.2, 0) is 0 Å². The number of nitrogens with two attached hydrogens (primary N) is 1. The summed E-state index contributed by atoms with van der Waals surface area (Å²) in [5, 5.41) is 9.73. The molecule has 0 aliphatic rings. The quantitative estimate of drug-likeness (QED) is 0.315. The molecule has 0 aromatic heterocycles. The SMILES string of the molecule is N.NC(=O)NCO. The zero-order chi connectivity index (χ0) is 4.99. The van der Waals surface area contributed by atoms with E-state index in [2.05, 4.69) is 5.73 Å². The number of carbonyl (C=O) groups excluding carboxylic acids is 1. The van der Waals surface area contributed by atoms with Crippen molar-refractivity contribution in [2.75, 3.05) is 6.73 Å². The molecule has 0 bridgehead atoms. The summed E-state index contributed by atoms with van der Waals surface area (Å²) in [7, 11) is 0. The van der Waals surface area contributed by atoms with Crippen molar-refractivity contribution < 1.29 is 9.90 Å². The van der Waals surface area contributed by atoms with E-state index in [4.69, 9.17) is 5.11 Å². The molecule has 5 nitrogen and oxygen atoms in total. The van der Waals surface area contributed by atoms with Gasteiger partial charge in [0.1, 0.15) is 6.73 Å². The molecular formula is C2H9N3O2. The number of rotatable bonds is 1. The Morgan fingerprint density at radius 1 is 1.86 bits per heavy atom. The fourth-order valence-corrected chi connectivity index (χ4v) is 0.0779. The Morgan fingerprint density at radius 2 is 2.29 bits per heavy atom. The van der Waals surface area contributed by atoms with Crippen LogP contribution in [0.2, 0.25) is 0 Å². The Labute approximate surface area is 41.1 Å². The summed E-state index contributed by atoms with van der Waals surface area (Å²) < 4.78 is 0. The minimum Gasteiger partial charge on any atom is -0.376 e. The molecule has 7 heavy (non-hydrogen) atoms. The van der Waals surface area contributed by atoms with Gasteiger partial charge in [-0.05, 0) is 0 Å². The molecule has 7 N–H and O–H groups in total. The molecule has 0 rings (SSSR count). The van der Waals surface area contributed by atoms with E-state index in [0.717, 1.165) is 0 Å². The maximum absolute atomic E-state index is 9.55. The second-order valence-corrected chi connectivity index (χ2v) is 0.699. The van der Waals surface area contributed by atoms with Gasteiger partial charge in [0.05, 0.1) is 0 Å². The van der Waals surface area contributed by atoms with Gasteiger partial charge in [0, 0.05) is 0 Å². The van der Waals surface area contributed by atoms with Crippen molar-refractivity contribution >= 4 is 6.03 Å². The molecule has 0 saturated carbocycles. The van der Waals surface area contributed by atoms with Crippen molar-refractivity contribution in [1.82, 2.24) is 11.5 Å². The van der Waals surface area contributed by atoms with Crippen LogP contribution < -0.4 is 17.2 Å². The molecule has 0 fully saturated rings. The predicted octanol–water partition coefficient (Wildman–Crippen LogP) is -1.23. The van der Waals surface area contributed by atoms with Crippen molar-refractivity contribution in [3.05, 3.63) is 0 Å². The van der Waals surface area contributed by atoms with Crippen molar-refractivity contribution in [2.45, 2.75) is 0 Å². The van der Waals surface area contributed by atoms with Crippen LogP contribution in [0.1, 0.15) is 0 Å². The number of primary amides is 1. The van der Waals surface area contributed by atoms with Crippen LogP contribution in [-0.4, -0.2) is 17.9 Å². The number of carbonyl (C=O) groups is 1. The van der Waals surface area contributed by atoms with Crippen LogP contribution in [0.3, 0.4) is 0 Å². The molecule has 0 aliphatic carbocycles. The normalized spacial score (nSPS) is 6.43. The topological polar surface area (TPSA) is 110 Å². The molecule has 44 valence electrons. The second-order valence-electron chi connectivity index (χ2n) is 0.699. The van der Waals surface area contributed by atoms with Crippen molar-refractivity contribution in [3.63, 3.8) is 0 Å². The Morgan fingerprint density at radius 3 is 2.29 bits per heavy atom. The van der Waals surface area contributed by atoms with Gasteiger partial charge in [0.2, 0.25) is 0 Å². The highest BCUT2D eigenvalue weighted by atomic mass is 16.3. The third-order valence-corrected chi connectivity index (χ3v) is 0.253. The number of hydrogen-bond acceptors (Lipinski definition) is 3. The van der Waals surface area contributed by atoms with E-state index in [1.807, 2.05) is 5.32 Å². The van der Waals surface area contributed by atoms with E-state index in [9.17, 15) is 4.79 Å². The van der Waals surface area contributed by atoms with Crippen LogP contribution >= 0.6 is 0 Å².